The summed E-state index contributed by atoms with van der Waals surface area (Å²) in [6.07, 6.45) is 0.849. The van der Waals surface area contributed by atoms with Crippen molar-refractivity contribution in [2.24, 2.45) is 4.99 Å². The van der Waals surface area contributed by atoms with Crippen molar-refractivity contribution in [1.29, 1.82) is 0 Å². The van der Waals surface area contributed by atoms with Gasteiger partial charge in [-0.25, -0.2) is 9.78 Å². The highest BCUT2D eigenvalue weighted by atomic mass is 127. The molecule has 10 heteroatoms. The lowest BCUT2D eigenvalue weighted by atomic mass is 10.2. The molecule has 1 heterocycles. The van der Waals surface area contributed by atoms with Crippen molar-refractivity contribution in [3.8, 4) is 5.75 Å². The van der Waals surface area contributed by atoms with Crippen LogP contribution in [0.2, 0.25) is 0 Å². The van der Waals surface area contributed by atoms with Crippen LogP contribution in [-0.2, 0) is 16.0 Å². The number of rotatable bonds is 11. The summed E-state index contributed by atoms with van der Waals surface area (Å²) in [5, 5.41) is 7.42. The van der Waals surface area contributed by atoms with E-state index in [4.69, 9.17) is 14.2 Å². The Morgan fingerprint density at radius 3 is 2.78 bits per heavy atom. The zero-order valence-corrected chi connectivity index (χ0v) is 22.4. The molecule has 0 saturated carbocycles. The maximum Gasteiger partial charge on any atom is 0.350 e. The molecular weight excluding hydrogens is 543 g/mol. The van der Waals surface area contributed by atoms with Gasteiger partial charge < -0.3 is 24.8 Å². The van der Waals surface area contributed by atoms with Crippen LogP contribution in [0.4, 0.5) is 0 Å². The predicted molar refractivity (Wildman–Crippen MR) is 138 cm³/mol. The van der Waals surface area contributed by atoms with Gasteiger partial charge in [0.15, 0.2) is 5.96 Å². The summed E-state index contributed by atoms with van der Waals surface area (Å²) < 4.78 is 15.9. The van der Waals surface area contributed by atoms with Crippen LogP contribution in [0.15, 0.2) is 29.3 Å². The molecule has 0 aliphatic rings. The molecule has 0 amide bonds. The second-order valence-electron chi connectivity index (χ2n) is 6.82. The highest BCUT2D eigenvalue weighted by molar-refractivity contribution is 14.0. The molecule has 0 spiro atoms. The smallest absolute Gasteiger partial charge is 0.350 e. The summed E-state index contributed by atoms with van der Waals surface area (Å²) in [6, 6.07) is 7.83. The first-order chi connectivity index (χ1) is 15.0. The van der Waals surface area contributed by atoms with Crippen molar-refractivity contribution < 1.29 is 19.0 Å². The van der Waals surface area contributed by atoms with Gasteiger partial charge in [0, 0.05) is 33.7 Å². The van der Waals surface area contributed by atoms with Gasteiger partial charge in [-0.2, -0.15) is 0 Å². The number of carbonyl (C=O) groups excluding carboxylic acids is 1. The number of benzene rings is 1. The number of aromatic nitrogens is 1. The van der Waals surface area contributed by atoms with Crippen molar-refractivity contribution in [3.05, 3.63) is 45.4 Å². The summed E-state index contributed by atoms with van der Waals surface area (Å²) >= 11 is 1.34. The average molecular weight is 577 g/mol. The lowest BCUT2D eigenvalue weighted by Crippen LogP contribution is -2.38. The number of nitrogens with one attached hydrogen (secondary N) is 2. The topological polar surface area (TPSA) is 94.1 Å². The van der Waals surface area contributed by atoms with E-state index in [0.717, 1.165) is 22.7 Å². The first kappa shape index (κ1) is 28.1. The van der Waals surface area contributed by atoms with E-state index in [2.05, 4.69) is 20.6 Å². The molecule has 0 aliphatic heterocycles. The molecule has 2 N–H and O–H groups in total. The number of guanidine groups is 1. The van der Waals surface area contributed by atoms with Crippen LogP contribution < -0.4 is 15.4 Å². The van der Waals surface area contributed by atoms with Crippen LogP contribution in [-0.4, -0.2) is 50.9 Å². The van der Waals surface area contributed by atoms with Crippen molar-refractivity contribution in [2.45, 2.75) is 39.8 Å². The van der Waals surface area contributed by atoms with Gasteiger partial charge in [-0.1, -0.05) is 12.1 Å². The number of nitrogens with zero attached hydrogens (tertiary/aromatic N) is 2. The van der Waals surface area contributed by atoms with Gasteiger partial charge in [0.25, 0.3) is 0 Å². The number of carbonyl (C=O) groups is 1. The number of ether oxygens (including phenoxy) is 3. The molecule has 1 aromatic carbocycles. The molecule has 2 aromatic rings. The molecule has 8 nitrogen and oxygen atoms in total. The quantitative estimate of drug-likeness (QED) is 0.137. The predicted octanol–water partition coefficient (Wildman–Crippen LogP) is 4.09. The maximum atomic E-state index is 12.0. The number of hydrogen-bond acceptors (Lipinski definition) is 7. The number of thiazole rings is 1. The summed E-state index contributed by atoms with van der Waals surface area (Å²) in [5.41, 5.74) is 1.76. The van der Waals surface area contributed by atoms with E-state index >= 15 is 0 Å². The Bertz CT molecular complexity index is 875. The number of esters is 1. The summed E-state index contributed by atoms with van der Waals surface area (Å²) in [7, 11) is 3.40. The molecular formula is C22H33IN4O4S. The number of methoxy groups -OCH3 is 1. The molecule has 1 aromatic heterocycles. The fraction of sp³-hybridized carbons (Fsp3) is 0.500. The lowest BCUT2D eigenvalue weighted by molar-refractivity contribution is 0.0531. The largest absolute Gasteiger partial charge is 0.493 e. The van der Waals surface area contributed by atoms with E-state index in [1.807, 2.05) is 38.1 Å². The van der Waals surface area contributed by atoms with Gasteiger partial charge in [-0.3, -0.25) is 4.99 Å². The molecule has 178 valence electrons. The maximum absolute atomic E-state index is 12.0. The van der Waals surface area contributed by atoms with Gasteiger partial charge in [0.05, 0.1) is 24.9 Å². The standard InChI is InChI=1S/C22H32N4O4S.HI/c1-6-29-21(27)19-15(2)25-20(31-19)16(3)26-22(23-4)24-14-17-9-7-10-18(13-17)30-12-8-11-28-5;/h7,9-10,13,16H,6,8,11-12,14H2,1-5H3,(H2,23,24,26);1H. The minimum absolute atomic E-state index is 0. The Labute approximate surface area is 211 Å². The van der Waals surface area contributed by atoms with E-state index in [-0.39, 0.29) is 36.0 Å². The molecule has 2 rings (SSSR count). The highest BCUT2D eigenvalue weighted by Crippen LogP contribution is 2.24. The van der Waals surface area contributed by atoms with E-state index in [0.29, 0.717) is 42.9 Å². The Kier molecular flexibility index (Phi) is 13.2. The number of aliphatic imine (C=N–C) groups is 1. The zero-order valence-electron chi connectivity index (χ0n) is 19.3. The summed E-state index contributed by atoms with van der Waals surface area (Å²) in [6.45, 7) is 7.82. The van der Waals surface area contributed by atoms with E-state index in [1.54, 1.807) is 21.1 Å². The SMILES string of the molecule is CCOC(=O)c1sc(C(C)NC(=NC)NCc2cccc(OCCCOC)c2)nc1C.I. The fourth-order valence-corrected chi connectivity index (χ4v) is 3.74. The van der Waals surface area contributed by atoms with Crippen molar-refractivity contribution in [2.75, 3.05) is 34.0 Å². The summed E-state index contributed by atoms with van der Waals surface area (Å²) in [4.78, 5) is 21.4. The number of hydrogen-bond donors (Lipinski definition) is 2. The Morgan fingerprint density at radius 1 is 1.31 bits per heavy atom. The van der Waals surface area contributed by atoms with E-state index in [1.165, 1.54) is 11.3 Å². The van der Waals surface area contributed by atoms with Crippen LogP contribution in [0.25, 0.3) is 0 Å². The third-order valence-electron chi connectivity index (χ3n) is 4.34. The van der Waals surface area contributed by atoms with Crippen LogP contribution in [0.5, 0.6) is 5.75 Å². The van der Waals surface area contributed by atoms with Gasteiger partial charge in [0.2, 0.25) is 0 Å². The second-order valence-corrected chi connectivity index (χ2v) is 7.85. The number of aryl methyl sites for hydroxylation is 1. The molecule has 0 radical (unpaired) electrons. The van der Waals surface area contributed by atoms with Gasteiger partial charge in [-0.15, -0.1) is 35.3 Å². The van der Waals surface area contributed by atoms with Gasteiger partial charge >= 0.3 is 5.97 Å². The van der Waals surface area contributed by atoms with Crippen LogP contribution in [0.3, 0.4) is 0 Å². The number of halogens is 1. The van der Waals surface area contributed by atoms with Crippen molar-refractivity contribution >= 4 is 47.2 Å². The van der Waals surface area contributed by atoms with Crippen LogP contribution >= 0.6 is 35.3 Å². The Hall–Kier alpha value is -1.92. The third-order valence-corrected chi connectivity index (χ3v) is 5.66. The van der Waals surface area contributed by atoms with Gasteiger partial charge in [0.1, 0.15) is 15.6 Å². The second kappa shape index (κ2) is 15.0. The molecule has 0 fully saturated rings. The van der Waals surface area contributed by atoms with E-state index < -0.39 is 0 Å². The van der Waals surface area contributed by atoms with E-state index in [9.17, 15) is 4.79 Å². The summed E-state index contributed by atoms with van der Waals surface area (Å²) in [5.74, 6) is 1.14. The highest BCUT2D eigenvalue weighted by Gasteiger charge is 2.20. The van der Waals surface area contributed by atoms with Crippen LogP contribution in [0.1, 0.15) is 52.2 Å². The third kappa shape index (κ3) is 8.91. The molecule has 32 heavy (non-hydrogen) atoms. The zero-order chi connectivity index (χ0) is 22.6. The van der Waals surface area contributed by atoms with Crippen molar-refractivity contribution in [3.63, 3.8) is 0 Å². The molecule has 0 bridgehead atoms. The molecule has 1 atom stereocenters. The first-order valence-corrected chi connectivity index (χ1v) is 11.1. The first-order valence-electron chi connectivity index (χ1n) is 10.3. The molecule has 1 unspecified atom stereocenters. The lowest BCUT2D eigenvalue weighted by Gasteiger charge is -2.16. The molecule has 0 aliphatic carbocycles. The average Bonchev–Trinajstić information content (AvgIpc) is 3.16. The fourth-order valence-electron chi connectivity index (χ4n) is 2.77. The van der Waals surface area contributed by atoms with Crippen LogP contribution in [0, 0.1) is 6.92 Å². The normalized spacial score (nSPS) is 12.0. The monoisotopic (exact) mass is 576 g/mol. The minimum atomic E-state index is -0.331. The molecule has 0 saturated heterocycles. The minimum Gasteiger partial charge on any atom is -0.493 e. The van der Waals surface area contributed by atoms with Crippen molar-refractivity contribution in [1.82, 2.24) is 15.6 Å². The Balaban J connectivity index is 0.00000512. The van der Waals surface area contributed by atoms with Gasteiger partial charge in [-0.05, 0) is 38.5 Å². The Morgan fingerprint density at radius 2 is 2.09 bits per heavy atom.